The molecule has 32 heavy (non-hydrogen) atoms. The van der Waals surface area contributed by atoms with Gasteiger partial charge in [-0.1, -0.05) is 12.1 Å². The van der Waals surface area contributed by atoms with Gasteiger partial charge >= 0.3 is 0 Å². The molecule has 0 radical (unpaired) electrons. The van der Waals surface area contributed by atoms with Crippen molar-refractivity contribution in [3.8, 4) is 0 Å². The van der Waals surface area contributed by atoms with Gasteiger partial charge in [-0.25, -0.2) is 18.8 Å². The standard InChI is InChI=1S/C24H26F2N4O2/c1-23(25,26)15-11-14-6-5-13(10-17(14)29-22(15)27)7-8-24-12-16(24)19(20(31)21(24)32)30-9-3-4-18(30)28-2/h3-6,9-11,16,19-21,31-32H,2,7-8,12H2,1H3,(H2,27,29)/t16-,19-,20+,21+,24?/m1/s1. The highest BCUT2D eigenvalue weighted by atomic mass is 19.3. The molecular formula is C24H26F2N4O2. The van der Waals surface area contributed by atoms with Crippen LogP contribution in [0.4, 0.5) is 20.4 Å². The lowest BCUT2D eigenvalue weighted by Crippen LogP contribution is -2.34. The molecule has 2 fully saturated rings. The second-order valence-corrected chi connectivity index (χ2v) is 9.24. The molecule has 0 bridgehead atoms. The third kappa shape index (κ3) is 3.12. The first-order chi connectivity index (χ1) is 15.2. The van der Waals surface area contributed by atoms with Gasteiger partial charge in [0.2, 0.25) is 0 Å². The summed E-state index contributed by atoms with van der Waals surface area (Å²) in [6.45, 7) is 4.40. The number of aliphatic hydroxyl groups excluding tert-OH is 2. The van der Waals surface area contributed by atoms with Crippen LogP contribution in [0, 0.1) is 11.3 Å². The zero-order valence-corrected chi connectivity index (χ0v) is 17.7. The number of aryl methyl sites for hydroxylation is 1. The molecule has 2 saturated carbocycles. The number of aliphatic hydroxyl groups is 2. The molecule has 2 aromatic heterocycles. The van der Waals surface area contributed by atoms with E-state index in [0.717, 1.165) is 18.9 Å². The second kappa shape index (κ2) is 7.08. The molecule has 5 rings (SSSR count). The Balaban J connectivity index is 1.36. The van der Waals surface area contributed by atoms with Gasteiger partial charge in [-0.3, -0.25) is 0 Å². The Kier molecular flexibility index (Phi) is 4.65. The average molecular weight is 440 g/mol. The van der Waals surface area contributed by atoms with Gasteiger partial charge in [0.25, 0.3) is 5.92 Å². The van der Waals surface area contributed by atoms with Crippen molar-refractivity contribution >= 4 is 29.3 Å². The highest BCUT2D eigenvalue weighted by molar-refractivity contribution is 5.82. The van der Waals surface area contributed by atoms with E-state index in [9.17, 15) is 19.0 Å². The second-order valence-electron chi connectivity index (χ2n) is 9.24. The maximum atomic E-state index is 13.7. The van der Waals surface area contributed by atoms with E-state index in [2.05, 4.69) is 16.7 Å². The minimum absolute atomic E-state index is 0.156. The largest absolute Gasteiger partial charge is 0.390 e. The highest BCUT2D eigenvalue weighted by Gasteiger charge is 2.70. The third-order valence-corrected chi connectivity index (χ3v) is 7.36. The zero-order chi connectivity index (χ0) is 22.8. The van der Waals surface area contributed by atoms with Crippen molar-refractivity contribution in [1.82, 2.24) is 9.55 Å². The Morgan fingerprint density at radius 3 is 2.81 bits per heavy atom. The molecule has 2 aliphatic rings. The van der Waals surface area contributed by atoms with Crippen LogP contribution in [-0.2, 0) is 12.3 Å². The molecule has 6 nitrogen and oxygen atoms in total. The van der Waals surface area contributed by atoms with Crippen molar-refractivity contribution in [3.05, 3.63) is 53.7 Å². The fourth-order valence-corrected chi connectivity index (χ4v) is 5.59. The van der Waals surface area contributed by atoms with E-state index in [1.165, 1.54) is 6.07 Å². The molecule has 5 atom stereocenters. The number of aliphatic imine (C=N–C) groups is 1. The highest BCUT2D eigenvalue weighted by Crippen LogP contribution is 2.69. The molecule has 2 aliphatic carbocycles. The van der Waals surface area contributed by atoms with Crippen LogP contribution < -0.4 is 5.73 Å². The predicted octanol–water partition coefficient (Wildman–Crippen LogP) is 3.98. The number of nitrogens with two attached hydrogens (primary N) is 1. The normalized spacial score (nSPS) is 29.3. The Hall–Kier alpha value is -2.84. The summed E-state index contributed by atoms with van der Waals surface area (Å²) in [6, 6.07) is 10.4. The lowest BCUT2D eigenvalue weighted by Gasteiger charge is -2.25. The minimum Gasteiger partial charge on any atom is -0.390 e. The summed E-state index contributed by atoms with van der Waals surface area (Å²) >= 11 is 0. The van der Waals surface area contributed by atoms with Crippen LogP contribution in [0.2, 0.25) is 0 Å². The summed E-state index contributed by atoms with van der Waals surface area (Å²) < 4.78 is 29.4. The Morgan fingerprint density at radius 2 is 2.09 bits per heavy atom. The van der Waals surface area contributed by atoms with Crippen LogP contribution in [0.3, 0.4) is 0 Å². The Bertz CT molecular complexity index is 1200. The molecule has 2 heterocycles. The number of benzene rings is 1. The molecule has 3 aromatic rings. The number of nitrogens with zero attached hydrogens (tertiary/aromatic N) is 3. The number of hydrogen-bond donors (Lipinski definition) is 3. The molecule has 0 aliphatic heterocycles. The van der Waals surface area contributed by atoms with Gasteiger partial charge in [-0.15, -0.1) is 0 Å². The van der Waals surface area contributed by atoms with E-state index in [-0.39, 0.29) is 28.8 Å². The van der Waals surface area contributed by atoms with Gasteiger partial charge in [0, 0.05) is 23.9 Å². The summed E-state index contributed by atoms with van der Waals surface area (Å²) in [5, 5.41) is 22.2. The number of nitrogen functional groups attached to an aromatic ring is 1. The van der Waals surface area contributed by atoms with Crippen LogP contribution in [0.25, 0.3) is 10.9 Å². The van der Waals surface area contributed by atoms with Gasteiger partial charge in [0.1, 0.15) is 17.7 Å². The van der Waals surface area contributed by atoms with Crippen LogP contribution in [0.15, 0.2) is 47.6 Å². The van der Waals surface area contributed by atoms with E-state index in [1.807, 2.05) is 35.0 Å². The van der Waals surface area contributed by atoms with Gasteiger partial charge in [0.15, 0.2) is 0 Å². The third-order valence-electron chi connectivity index (χ3n) is 7.36. The first kappa shape index (κ1) is 21.0. The molecule has 8 heteroatoms. The molecular weight excluding hydrogens is 414 g/mol. The van der Waals surface area contributed by atoms with Crippen LogP contribution in [0.5, 0.6) is 0 Å². The quantitative estimate of drug-likeness (QED) is 0.505. The van der Waals surface area contributed by atoms with E-state index in [1.54, 1.807) is 6.07 Å². The van der Waals surface area contributed by atoms with Crippen molar-refractivity contribution < 1.29 is 19.0 Å². The number of anilines is 1. The molecule has 4 N–H and O–H groups in total. The molecule has 0 saturated heterocycles. The first-order valence-electron chi connectivity index (χ1n) is 10.7. The predicted molar refractivity (Wildman–Crippen MR) is 119 cm³/mol. The summed E-state index contributed by atoms with van der Waals surface area (Å²) in [7, 11) is 0. The topological polar surface area (TPSA) is 96.7 Å². The van der Waals surface area contributed by atoms with Crippen molar-refractivity contribution in [2.75, 3.05) is 5.73 Å². The number of rotatable bonds is 6. The molecule has 168 valence electrons. The summed E-state index contributed by atoms with van der Waals surface area (Å²) in [5.41, 5.74) is 6.71. The van der Waals surface area contributed by atoms with Gasteiger partial charge in [-0.05, 0) is 61.7 Å². The van der Waals surface area contributed by atoms with Crippen molar-refractivity contribution in [3.63, 3.8) is 0 Å². The monoisotopic (exact) mass is 440 g/mol. The van der Waals surface area contributed by atoms with E-state index in [0.29, 0.717) is 29.6 Å². The SMILES string of the molecule is C=Nc1cccn1[C@H]1[C@H](O)[C@H](O)C2(CCc3ccc4cc(C(C)(F)F)c(N)nc4c3)C[C@H]12. The van der Waals surface area contributed by atoms with Gasteiger partial charge in [-0.2, -0.15) is 0 Å². The molecule has 1 unspecified atom stereocenters. The molecule has 0 amide bonds. The zero-order valence-electron chi connectivity index (χ0n) is 17.7. The van der Waals surface area contributed by atoms with E-state index in [4.69, 9.17) is 5.73 Å². The smallest absolute Gasteiger partial charge is 0.274 e. The number of pyridine rings is 1. The fraction of sp³-hybridized carbons (Fsp3) is 0.417. The van der Waals surface area contributed by atoms with Crippen molar-refractivity contribution in [2.45, 2.75) is 50.4 Å². The fourth-order valence-electron chi connectivity index (χ4n) is 5.59. The maximum Gasteiger partial charge on any atom is 0.274 e. The lowest BCUT2D eigenvalue weighted by molar-refractivity contribution is -0.0194. The number of alkyl halides is 2. The van der Waals surface area contributed by atoms with E-state index >= 15 is 0 Å². The molecule has 1 aromatic carbocycles. The van der Waals surface area contributed by atoms with Crippen LogP contribution in [-0.4, -0.2) is 38.7 Å². The Labute approximate surface area is 184 Å². The first-order valence-corrected chi connectivity index (χ1v) is 10.7. The number of halogens is 2. The summed E-state index contributed by atoms with van der Waals surface area (Å²) in [4.78, 5) is 8.21. The number of aromatic nitrogens is 2. The Morgan fingerprint density at radius 1 is 1.31 bits per heavy atom. The maximum absolute atomic E-state index is 13.7. The number of fused-ring (bicyclic) bond motifs is 2. The number of hydrogen-bond acceptors (Lipinski definition) is 5. The van der Waals surface area contributed by atoms with Gasteiger partial charge < -0.3 is 20.5 Å². The minimum atomic E-state index is -3.05. The summed E-state index contributed by atoms with van der Waals surface area (Å²) in [5.74, 6) is -2.39. The van der Waals surface area contributed by atoms with Crippen LogP contribution in [0.1, 0.15) is 36.9 Å². The average Bonchev–Trinajstić information content (AvgIpc) is 3.19. The lowest BCUT2D eigenvalue weighted by atomic mass is 9.91. The van der Waals surface area contributed by atoms with Crippen molar-refractivity contribution in [1.29, 1.82) is 0 Å². The van der Waals surface area contributed by atoms with Crippen LogP contribution >= 0.6 is 0 Å². The summed E-state index contributed by atoms with van der Waals surface area (Å²) in [6.07, 6.45) is 2.39. The van der Waals surface area contributed by atoms with Gasteiger partial charge in [0.05, 0.1) is 23.2 Å². The van der Waals surface area contributed by atoms with Crippen molar-refractivity contribution in [2.24, 2.45) is 16.3 Å². The van der Waals surface area contributed by atoms with E-state index < -0.39 is 18.1 Å². The molecule has 0 spiro atoms.